The van der Waals surface area contributed by atoms with Gasteiger partial charge >= 0.3 is 0 Å². The summed E-state index contributed by atoms with van der Waals surface area (Å²) in [6, 6.07) is 8.14. The molecule has 3 N–H and O–H groups in total. The van der Waals surface area contributed by atoms with Crippen LogP contribution in [-0.4, -0.2) is 29.9 Å². The van der Waals surface area contributed by atoms with Crippen LogP contribution in [0.2, 0.25) is 0 Å². The zero-order valence-corrected chi connectivity index (χ0v) is 14.3. The van der Waals surface area contributed by atoms with Crippen LogP contribution in [0.15, 0.2) is 30.5 Å². The summed E-state index contributed by atoms with van der Waals surface area (Å²) in [7, 11) is 0. The summed E-state index contributed by atoms with van der Waals surface area (Å²) in [4.78, 5) is 27.3. The van der Waals surface area contributed by atoms with Crippen LogP contribution in [0.3, 0.4) is 0 Å². The molecule has 2 unspecified atom stereocenters. The Balaban J connectivity index is 1.43. The van der Waals surface area contributed by atoms with Gasteiger partial charge in [-0.15, -0.1) is 0 Å². The molecule has 128 valence electrons. The predicted octanol–water partition coefficient (Wildman–Crippen LogP) is 2.23. The van der Waals surface area contributed by atoms with Gasteiger partial charge in [0.1, 0.15) is 0 Å². The maximum Gasteiger partial charge on any atom is 0.223 e. The van der Waals surface area contributed by atoms with E-state index in [-0.39, 0.29) is 23.7 Å². The average Bonchev–Trinajstić information content (AvgIpc) is 3.28. The molecule has 2 atom stereocenters. The Bertz CT molecular complexity index is 735. The number of aromatic amines is 1. The van der Waals surface area contributed by atoms with E-state index in [0.29, 0.717) is 25.4 Å². The van der Waals surface area contributed by atoms with Gasteiger partial charge in [0.2, 0.25) is 11.8 Å². The van der Waals surface area contributed by atoms with Gasteiger partial charge in [-0.2, -0.15) is 0 Å². The van der Waals surface area contributed by atoms with E-state index >= 15 is 0 Å². The molecule has 1 fully saturated rings. The van der Waals surface area contributed by atoms with Crippen molar-refractivity contribution in [2.75, 3.05) is 13.1 Å². The van der Waals surface area contributed by atoms with Gasteiger partial charge in [-0.05, 0) is 30.4 Å². The molecule has 0 aliphatic heterocycles. The normalized spacial score (nSPS) is 19.5. The molecule has 0 bridgehead atoms. The van der Waals surface area contributed by atoms with Crippen LogP contribution in [0.5, 0.6) is 0 Å². The number of carbonyl (C=O) groups excluding carboxylic acids is 2. The zero-order valence-electron chi connectivity index (χ0n) is 14.3. The molecule has 1 aliphatic rings. The van der Waals surface area contributed by atoms with Crippen LogP contribution in [0, 0.1) is 17.8 Å². The highest BCUT2D eigenvalue weighted by molar-refractivity contribution is 5.92. The fourth-order valence-corrected chi connectivity index (χ4v) is 3.00. The number of hydrogen-bond donors (Lipinski definition) is 3. The molecule has 2 amide bonds. The molecule has 1 heterocycles. The first-order valence-corrected chi connectivity index (χ1v) is 8.66. The molecule has 2 aromatic rings. The standard InChI is InChI=1S/C19H25N3O2/c1-12(2)10-22-19(24)16-9-15(16)18(23)20-8-7-13-11-21-17-6-4-3-5-14(13)17/h3-6,11-12,15-16,21H,7-10H2,1-2H3,(H,20,23)(H,22,24). The lowest BCUT2D eigenvalue weighted by molar-refractivity contribution is -0.127. The minimum Gasteiger partial charge on any atom is -0.361 e. The number of carbonyl (C=O) groups is 2. The lowest BCUT2D eigenvalue weighted by Crippen LogP contribution is -2.32. The minimum atomic E-state index is -0.153. The number of benzene rings is 1. The van der Waals surface area contributed by atoms with Crippen LogP contribution in [0.4, 0.5) is 0 Å². The monoisotopic (exact) mass is 327 g/mol. The van der Waals surface area contributed by atoms with Crippen molar-refractivity contribution in [3.8, 4) is 0 Å². The minimum absolute atomic E-state index is 0.000428. The summed E-state index contributed by atoms with van der Waals surface area (Å²) in [6.07, 6.45) is 3.45. The molecular weight excluding hydrogens is 302 g/mol. The van der Waals surface area contributed by atoms with E-state index in [0.717, 1.165) is 11.9 Å². The van der Waals surface area contributed by atoms with Gasteiger partial charge in [0, 0.05) is 30.2 Å². The number of H-pyrrole nitrogens is 1. The van der Waals surface area contributed by atoms with Crippen molar-refractivity contribution < 1.29 is 9.59 Å². The van der Waals surface area contributed by atoms with E-state index in [9.17, 15) is 9.59 Å². The van der Waals surface area contributed by atoms with Crippen LogP contribution in [0.25, 0.3) is 10.9 Å². The van der Waals surface area contributed by atoms with E-state index in [4.69, 9.17) is 0 Å². The van der Waals surface area contributed by atoms with Crippen molar-refractivity contribution in [1.29, 1.82) is 0 Å². The highest BCUT2D eigenvalue weighted by Crippen LogP contribution is 2.38. The Morgan fingerprint density at radius 1 is 1.17 bits per heavy atom. The zero-order chi connectivity index (χ0) is 17.1. The topological polar surface area (TPSA) is 74.0 Å². The molecule has 0 spiro atoms. The second-order valence-corrected chi connectivity index (χ2v) is 6.99. The van der Waals surface area contributed by atoms with Crippen molar-refractivity contribution >= 4 is 22.7 Å². The third kappa shape index (κ3) is 3.78. The number of hydrogen-bond acceptors (Lipinski definition) is 2. The van der Waals surface area contributed by atoms with E-state index in [1.54, 1.807) is 0 Å². The molecule has 5 heteroatoms. The molecule has 0 radical (unpaired) electrons. The molecule has 1 saturated carbocycles. The largest absolute Gasteiger partial charge is 0.361 e. The van der Waals surface area contributed by atoms with Crippen LogP contribution in [-0.2, 0) is 16.0 Å². The maximum atomic E-state index is 12.2. The molecule has 3 rings (SSSR count). The van der Waals surface area contributed by atoms with E-state index in [1.165, 1.54) is 10.9 Å². The van der Waals surface area contributed by atoms with Crippen molar-refractivity contribution in [2.24, 2.45) is 17.8 Å². The second-order valence-electron chi connectivity index (χ2n) is 6.99. The summed E-state index contributed by atoms with van der Waals surface area (Å²) in [5, 5.41) is 7.07. The summed E-state index contributed by atoms with van der Waals surface area (Å²) < 4.78 is 0. The number of para-hydroxylation sites is 1. The third-order valence-corrected chi connectivity index (χ3v) is 4.52. The first-order valence-electron chi connectivity index (χ1n) is 8.66. The van der Waals surface area contributed by atoms with Crippen LogP contribution < -0.4 is 10.6 Å². The molecular formula is C19H25N3O2. The van der Waals surface area contributed by atoms with E-state index in [1.807, 2.05) is 24.4 Å². The number of aromatic nitrogens is 1. The third-order valence-electron chi connectivity index (χ3n) is 4.52. The molecule has 0 saturated heterocycles. The fraction of sp³-hybridized carbons (Fsp3) is 0.474. The Hall–Kier alpha value is -2.30. The summed E-state index contributed by atoms with van der Waals surface area (Å²) >= 11 is 0. The smallest absolute Gasteiger partial charge is 0.223 e. The van der Waals surface area contributed by atoms with Gasteiger partial charge in [0.25, 0.3) is 0 Å². The predicted molar refractivity (Wildman–Crippen MR) is 94.5 cm³/mol. The van der Waals surface area contributed by atoms with Crippen molar-refractivity contribution in [3.63, 3.8) is 0 Å². The van der Waals surface area contributed by atoms with Gasteiger partial charge in [0.15, 0.2) is 0 Å². The highest BCUT2D eigenvalue weighted by atomic mass is 16.2. The number of amides is 2. The van der Waals surface area contributed by atoms with Gasteiger partial charge in [-0.3, -0.25) is 9.59 Å². The number of nitrogens with one attached hydrogen (secondary N) is 3. The maximum absolute atomic E-state index is 12.2. The lowest BCUT2D eigenvalue weighted by atomic mass is 10.1. The summed E-state index contributed by atoms with van der Waals surface area (Å²) in [5.74, 6) is 0.146. The fourth-order valence-electron chi connectivity index (χ4n) is 3.00. The first-order chi connectivity index (χ1) is 11.6. The van der Waals surface area contributed by atoms with Crippen LogP contribution >= 0.6 is 0 Å². The first kappa shape index (κ1) is 16.6. The van der Waals surface area contributed by atoms with E-state index < -0.39 is 0 Å². The molecule has 1 aromatic carbocycles. The van der Waals surface area contributed by atoms with Crippen molar-refractivity contribution in [1.82, 2.24) is 15.6 Å². The van der Waals surface area contributed by atoms with Crippen LogP contribution in [0.1, 0.15) is 25.8 Å². The highest BCUT2D eigenvalue weighted by Gasteiger charge is 2.47. The SMILES string of the molecule is CC(C)CNC(=O)C1CC1C(=O)NCCc1c[nH]c2ccccc12. The van der Waals surface area contributed by atoms with E-state index in [2.05, 4.69) is 35.5 Å². The van der Waals surface area contributed by atoms with Crippen molar-refractivity contribution in [2.45, 2.75) is 26.7 Å². The quantitative estimate of drug-likeness (QED) is 0.729. The number of fused-ring (bicyclic) bond motifs is 1. The molecule has 1 aromatic heterocycles. The Morgan fingerprint density at radius 3 is 2.62 bits per heavy atom. The Labute approximate surface area is 142 Å². The van der Waals surface area contributed by atoms with Gasteiger partial charge < -0.3 is 15.6 Å². The summed E-state index contributed by atoms with van der Waals surface area (Å²) in [5.41, 5.74) is 2.32. The summed E-state index contributed by atoms with van der Waals surface area (Å²) in [6.45, 7) is 5.38. The molecule has 24 heavy (non-hydrogen) atoms. The van der Waals surface area contributed by atoms with Gasteiger partial charge in [-0.1, -0.05) is 32.0 Å². The van der Waals surface area contributed by atoms with Gasteiger partial charge in [-0.25, -0.2) is 0 Å². The molecule has 1 aliphatic carbocycles. The Morgan fingerprint density at radius 2 is 1.88 bits per heavy atom. The number of rotatable bonds is 7. The second kappa shape index (κ2) is 7.07. The molecule has 5 nitrogen and oxygen atoms in total. The average molecular weight is 327 g/mol. The van der Waals surface area contributed by atoms with Crippen molar-refractivity contribution in [3.05, 3.63) is 36.0 Å². The Kier molecular flexibility index (Phi) is 4.88. The van der Waals surface area contributed by atoms with Gasteiger partial charge in [0.05, 0.1) is 11.8 Å². The lowest BCUT2D eigenvalue weighted by Gasteiger charge is -2.07.